The lowest BCUT2D eigenvalue weighted by Gasteiger charge is -2.43. The number of anilines is 1. The van der Waals surface area contributed by atoms with Crippen LogP contribution >= 0.6 is 0 Å². The molecule has 2 bridgehead atoms. The minimum Gasteiger partial charge on any atom is -0.445 e. The first-order valence-electron chi connectivity index (χ1n) is 10.8. The third-order valence-electron chi connectivity index (χ3n) is 6.12. The number of piperidine rings is 3. The summed E-state index contributed by atoms with van der Waals surface area (Å²) in [6, 6.07) is 15.9. The number of rotatable bonds is 6. The monoisotopic (exact) mass is 407 g/mol. The molecular weight excluding hydrogens is 378 g/mol. The van der Waals surface area contributed by atoms with Crippen molar-refractivity contribution in [1.82, 2.24) is 10.2 Å². The Labute approximate surface area is 177 Å². The summed E-state index contributed by atoms with van der Waals surface area (Å²) < 4.78 is 5.14. The van der Waals surface area contributed by atoms with Crippen LogP contribution in [0.5, 0.6) is 0 Å². The average Bonchev–Trinajstić information content (AvgIpc) is 2.79. The van der Waals surface area contributed by atoms with Crippen molar-refractivity contribution in [1.29, 1.82) is 0 Å². The van der Waals surface area contributed by atoms with Crippen LogP contribution in [-0.2, 0) is 16.1 Å². The van der Waals surface area contributed by atoms with E-state index < -0.39 is 6.09 Å². The first-order valence-corrected chi connectivity index (χ1v) is 10.8. The highest BCUT2D eigenvalue weighted by atomic mass is 16.5. The number of nitrogens with zero attached hydrogens (tertiary/aromatic N) is 1. The lowest BCUT2D eigenvalue weighted by molar-refractivity contribution is -0.125. The maximum Gasteiger partial charge on any atom is 0.407 e. The van der Waals surface area contributed by atoms with Gasteiger partial charge in [0.25, 0.3) is 0 Å². The Morgan fingerprint density at radius 2 is 1.63 bits per heavy atom. The topological polar surface area (TPSA) is 70.7 Å². The highest BCUT2D eigenvalue weighted by molar-refractivity contribution is 5.93. The van der Waals surface area contributed by atoms with Gasteiger partial charge in [0.05, 0.1) is 5.92 Å². The first kappa shape index (κ1) is 20.4. The molecule has 3 heterocycles. The van der Waals surface area contributed by atoms with Crippen molar-refractivity contribution in [2.24, 2.45) is 11.8 Å². The van der Waals surface area contributed by atoms with Gasteiger partial charge >= 0.3 is 6.09 Å². The molecule has 0 aromatic heterocycles. The van der Waals surface area contributed by atoms with Gasteiger partial charge in [-0.1, -0.05) is 36.4 Å². The maximum absolute atomic E-state index is 12.7. The summed E-state index contributed by atoms with van der Waals surface area (Å²) in [6.45, 7) is 5.82. The Kier molecular flexibility index (Phi) is 6.33. The van der Waals surface area contributed by atoms with Gasteiger partial charge in [0.1, 0.15) is 6.61 Å². The van der Waals surface area contributed by atoms with Crippen LogP contribution in [0.2, 0.25) is 0 Å². The number of carbonyl (C=O) groups is 2. The van der Waals surface area contributed by atoms with Crippen molar-refractivity contribution >= 4 is 17.7 Å². The van der Waals surface area contributed by atoms with Crippen LogP contribution in [0.15, 0.2) is 48.5 Å². The lowest BCUT2D eigenvalue weighted by Crippen LogP contribution is -2.51. The highest BCUT2D eigenvalue weighted by Crippen LogP contribution is 2.33. The molecule has 3 aliphatic rings. The molecule has 158 valence electrons. The van der Waals surface area contributed by atoms with E-state index in [4.69, 9.17) is 4.74 Å². The molecule has 1 unspecified atom stereocenters. The van der Waals surface area contributed by atoms with E-state index in [0.717, 1.165) is 54.9 Å². The van der Waals surface area contributed by atoms with Crippen molar-refractivity contribution in [2.75, 3.05) is 31.5 Å². The summed E-state index contributed by atoms with van der Waals surface area (Å²) in [5.41, 5.74) is 3.93. The zero-order chi connectivity index (χ0) is 20.9. The molecule has 3 aliphatic heterocycles. The lowest BCUT2D eigenvalue weighted by atomic mass is 9.78. The van der Waals surface area contributed by atoms with Gasteiger partial charge in [-0.05, 0) is 67.6 Å². The number of hydrogen-bond acceptors (Lipinski definition) is 4. The van der Waals surface area contributed by atoms with Crippen LogP contribution < -0.4 is 10.6 Å². The van der Waals surface area contributed by atoms with Gasteiger partial charge in [0, 0.05) is 18.8 Å². The number of nitrogens with one attached hydrogen (secondary N) is 2. The second-order valence-electron chi connectivity index (χ2n) is 8.11. The van der Waals surface area contributed by atoms with E-state index in [9.17, 15) is 9.59 Å². The van der Waals surface area contributed by atoms with Crippen LogP contribution in [0.25, 0.3) is 11.1 Å². The third-order valence-corrected chi connectivity index (χ3v) is 6.12. The molecule has 5 rings (SSSR count). The fraction of sp³-hybridized carbons (Fsp3) is 0.417. The molecule has 2 aromatic carbocycles. The van der Waals surface area contributed by atoms with Crippen molar-refractivity contribution in [3.8, 4) is 11.1 Å². The largest absolute Gasteiger partial charge is 0.445 e. The van der Waals surface area contributed by atoms with E-state index in [1.54, 1.807) is 0 Å². The van der Waals surface area contributed by atoms with E-state index >= 15 is 0 Å². The molecule has 2 amide bonds. The molecule has 0 radical (unpaired) electrons. The highest BCUT2D eigenvalue weighted by Gasteiger charge is 2.38. The van der Waals surface area contributed by atoms with E-state index in [0.29, 0.717) is 12.5 Å². The molecule has 0 spiro atoms. The van der Waals surface area contributed by atoms with Crippen LogP contribution in [0.4, 0.5) is 10.5 Å². The van der Waals surface area contributed by atoms with Gasteiger partial charge in [-0.2, -0.15) is 0 Å². The second-order valence-corrected chi connectivity index (χ2v) is 8.11. The van der Waals surface area contributed by atoms with Crippen molar-refractivity contribution < 1.29 is 14.3 Å². The number of hydrogen-bond donors (Lipinski definition) is 2. The SMILES string of the molecule is CCNC(=O)OCc1ccc(-c2ccc(NC(=O)C3CN4CCC3CC4)cc2)cc1. The van der Waals surface area contributed by atoms with E-state index in [1.807, 2.05) is 55.5 Å². The Balaban J connectivity index is 1.33. The normalized spacial score (nSPS) is 22.4. The molecule has 6 heteroatoms. The molecule has 2 aromatic rings. The number of benzene rings is 2. The predicted molar refractivity (Wildman–Crippen MR) is 117 cm³/mol. The zero-order valence-corrected chi connectivity index (χ0v) is 17.4. The molecule has 0 saturated carbocycles. The van der Waals surface area contributed by atoms with Crippen molar-refractivity contribution in [3.63, 3.8) is 0 Å². The molecular formula is C24H29N3O3. The Bertz CT molecular complexity index is 872. The molecule has 2 N–H and O–H groups in total. The van der Waals surface area contributed by atoms with Crippen LogP contribution in [0.1, 0.15) is 25.3 Å². The summed E-state index contributed by atoms with van der Waals surface area (Å²) in [7, 11) is 0. The third kappa shape index (κ3) is 4.82. The summed E-state index contributed by atoms with van der Waals surface area (Å²) in [5, 5.41) is 5.71. The maximum atomic E-state index is 12.7. The zero-order valence-electron chi connectivity index (χ0n) is 17.4. The summed E-state index contributed by atoms with van der Waals surface area (Å²) in [4.78, 5) is 26.5. The summed E-state index contributed by atoms with van der Waals surface area (Å²) >= 11 is 0. The van der Waals surface area contributed by atoms with E-state index in [-0.39, 0.29) is 18.4 Å². The van der Waals surface area contributed by atoms with Crippen LogP contribution in [0, 0.1) is 11.8 Å². The van der Waals surface area contributed by atoms with E-state index in [2.05, 4.69) is 15.5 Å². The van der Waals surface area contributed by atoms with Crippen molar-refractivity contribution in [3.05, 3.63) is 54.1 Å². The summed E-state index contributed by atoms with van der Waals surface area (Å²) in [5.74, 6) is 0.791. The molecule has 3 saturated heterocycles. The Morgan fingerprint density at radius 1 is 1.00 bits per heavy atom. The average molecular weight is 408 g/mol. The Hall–Kier alpha value is -2.86. The molecule has 1 atom stereocenters. The second kappa shape index (κ2) is 9.30. The molecule has 30 heavy (non-hydrogen) atoms. The number of carbonyl (C=O) groups excluding carboxylic acids is 2. The van der Waals surface area contributed by atoms with Crippen molar-refractivity contribution in [2.45, 2.75) is 26.4 Å². The fourth-order valence-corrected chi connectivity index (χ4v) is 4.38. The number of amides is 2. The smallest absolute Gasteiger partial charge is 0.407 e. The van der Waals surface area contributed by atoms with Crippen LogP contribution in [0.3, 0.4) is 0 Å². The molecule has 6 nitrogen and oxygen atoms in total. The predicted octanol–water partition coefficient (Wildman–Crippen LogP) is 3.88. The van der Waals surface area contributed by atoms with Gasteiger partial charge in [-0.15, -0.1) is 0 Å². The van der Waals surface area contributed by atoms with Gasteiger partial charge in [-0.25, -0.2) is 4.79 Å². The van der Waals surface area contributed by atoms with Gasteiger partial charge in [-0.3, -0.25) is 4.79 Å². The number of alkyl carbamates (subject to hydrolysis) is 1. The van der Waals surface area contributed by atoms with Gasteiger partial charge in [0.2, 0.25) is 5.91 Å². The molecule has 3 fully saturated rings. The fourth-order valence-electron chi connectivity index (χ4n) is 4.38. The number of ether oxygens (including phenoxy) is 1. The minimum absolute atomic E-state index is 0.112. The quantitative estimate of drug-likeness (QED) is 0.762. The van der Waals surface area contributed by atoms with Crippen LogP contribution in [-0.4, -0.2) is 43.1 Å². The first-order chi connectivity index (χ1) is 14.6. The standard InChI is InChI=1S/C24H29N3O3/c1-2-25-24(29)30-16-17-3-5-18(6-4-17)19-7-9-21(10-8-19)26-23(28)22-15-27-13-11-20(22)12-14-27/h3-10,20,22H,2,11-16H2,1H3,(H,25,29)(H,26,28). The minimum atomic E-state index is -0.405. The van der Waals surface area contributed by atoms with Gasteiger partial charge < -0.3 is 20.3 Å². The summed E-state index contributed by atoms with van der Waals surface area (Å²) in [6.07, 6.45) is 1.88. The van der Waals surface area contributed by atoms with E-state index in [1.165, 1.54) is 0 Å². The Morgan fingerprint density at radius 3 is 2.20 bits per heavy atom. The number of fused-ring (bicyclic) bond motifs is 3. The van der Waals surface area contributed by atoms with Gasteiger partial charge in [0.15, 0.2) is 0 Å². The molecule has 0 aliphatic carbocycles.